The second-order valence-corrected chi connectivity index (χ2v) is 3.76. The summed E-state index contributed by atoms with van der Waals surface area (Å²) in [6.07, 6.45) is -0.344. The van der Waals surface area contributed by atoms with Crippen LogP contribution < -0.4 is 16.4 Å². The predicted molar refractivity (Wildman–Crippen MR) is 42.8 cm³/mol. The third-order valence-electron chi connectivity index (χ3n) is 1.85. The molecule has 0 radical (unpaired) electrons. The molecule has 1 fully saturated rings. The number of hydrogen-bond acceptors (Lipinski definition) is 3. The van der Waals surface area contributed by atoms with Gasteiger partial charge in [-0.05, 0) is 5.41 Å². The van der Waals surface area contributed by atoms with Crippen molar-refractivity contribution >= 4 is 5.91 Å². The molecule has 1 saturated heterocycles. The van der Waals surface area contributed by atoms with Crippen LogP contribution in [0.15, 0.2) is 0 Å². The van der Waals surface area contributed by atoms with Gasteiger partial charge in [-0.25, -0.2) is 0 Å². The molecule has 0 aromatic heterocycles. The molecule has 0 aromatic carbocycles. The van der Waals surface area contributed by atoms with Crippen LogP contribution in [0.4, 0.5) is 0 Å². The molecule has 1 aliphatic rings. The van der Waals surface area contributed by atoms with Gasteiger partial charge >= 0.3 is 0 Å². The Morgan fingerprint density at radius 3 is 2.27 bits per heavy atom. The molecule has 0 aromatic rings. The molecule has 4 heteroatoms. The fourth-order valence-electron chi connectivity index (χ4n) is 1.09. The zero-order valence-electron chi connectivity index (χ0n) is 6.98. The Bertz CT molecular complexity index is 157. The number of carbonyl (C=O) groups excluding carboxylic acids is 1. The zero-order chi connectivity index (χ0) is 8.48. The van der Waals surface area contributed by atoms with Crippen LogP contribution in [-0.2, 0) is 4.79 Å². The Morgan fingerprint density at radius 1 is 1.45 bits per heavy atom. The molecule has 0 saturated carbocycles. The van der Waals surface area contributed by atoms with Gasteiger partial charge in [0.05, 0.1) is 0 Å². The van der Waals surface area contributed by atoms with Gasteiger partial charge in [0.15, 0.2) is 0 Å². The van der Waals surface area contributed by atoms with Gasteiger partial charge in [0.25, 0.3) is 0 Å². The molecule has 1 amide bonds. The summed E-state index contributed by atoms with van der Waals surface area (Å²) in [5, 5.41) is 6.05. The van der Waals surface area contributed by atoms with Crippen LogP contribution in [0.2, 0.25) is 0 Å². The fraction of sp³-hybridized carbons (Fsp3) is 0.857. The summed E-state index contributed by atoms with van der Waals surface area (Å²) in [6, 6.07) is 0. The van der Waals surface area contributed by atoms with Crippen molar-refractivity contribution in [1.29, 1.82) is 0 Å². The largest absolute Gasteiger partial charge is 0.367 e. The van der Waals surface area contributed by atoms with Gasteiger partial charge in [-0.3, -0.25) is 15.4 Å². The number of hydrogen-bond donors (Lipinski definition) is 3. The molecule has 0 bridgehead atoms. The molecule has 0 unspecified atom stereocenters. The van der Waals surface area contributed by atoms with E-state index in [0.29, 0.717) is 0 Å². The highest BCUT2D eigenvalue weighted by Gasteiger charge is 2.27. The summed E-state index contributed by atoms with van der Waals surface area (Å²) >= 11 is 0. The highest BCUT2D eigenvalue weighted by Crippen LogP contribution is 2.14. The molecule has 64 valence electrons. The van der Waals surface area contributed by atoms with E-state index in [2.05, 4.69) is 24.5 Å². The molecule has 1 aliphatic heterocycles. The van der Waals surface area contributed by atoms with Gasteiger partial charge < -0.3 is 5.73 Å². The lowest BCUT2D eigenvalue weighted by atomic mass is 9.91. The van der Waals surface area contributed by atoms with Crippen LogP contribution in [0.25, 0.3) is 0 Å². The SMILES string of the molecule is CC1(C)CNC(C(N)=O)NC1. The van der Waals surface area contributed by atoms with E-state index in [1.807, 2.05) is 0 Å². The molecule has 0 atom stereocenters. The lowest BCUT2D eigenvalue weighted by molar-refractivity contribution is -0.121. The summed E-state index contributed by atoms with van der Waals surface area (Å²) in [6.45, 7) is 5.91. The summed E-state index contributed by atoms with van der Waals surface area (Å²) in [7, 11) is 0. The monoisotopic (exact) mass is 157 g/mol. The van der Waals surface area contributed by atoms with E-state index in [1.165, 1.54) is 0 Å². The van der Waals surface area contributed by atoms with Crippen LogP contribution >= 0.6 is 0 Å². The average Bonchev–Trinajstić information content (AvgIpc) is 1.86. The molecule has 11 heavy (non-hydrogen) atoms. The topological polar surface area (TPSA) is 67.1 Å². The molecule has 1 heterocycles. The molecular weight excluding hydrogens is 142 g/mol. The summed E-state index contributed by atoms with van der Waals surface area (Å²) in [5.74, 6) is -0.333. The van der Waals surface area contributed by atoms with Crippen molar-refractivity contribution in [2.75, 3.05) is 13.1 Å². The highest BCUT2D eigenvalue weighted by atomic mass is 16.1. The minimum Gasteiger partial charge on any atom is -0.367 e. The maximum Gasteiger partial charge on any atom is 0.249 e. The Balaban J connectivity index is 2.42. The van der Waals surface area contributed by atoms with Gasteiger partial charge in [-0.2, -0.15) is 0 Å². The van der Waals surface area contributed by atoms with Crippen molar-refractivity contribution in [1.82, 2.24) is 10.6 Å². The van der Waals surface area contributed by atoms with Crippen molar-refractivity contribution in [3.05, 3.63) is 0 Å². The second-order valence-electron chi connectivity index (χ2n) is 3.76. The lowest BCUT2D eigenvalue weighted by Gasteiger charge is -2.34. The van der Waals surface area contributed by atoms with E-state index in [9.17, 15) is 4.79 Å². The molecule has 0 spiro atoms. The smallest absolute Gasteiger partial charge is 0.249 e. The van der Waals surface area contributed by atoms with E-state index >= 15 is 0 Å². The van der Waals surface area contributed by atoms with E-state index in [-0.39, 0.29) is 17.5 Å². The van der Waals surface area contributed by atoms with Crippen LogP contribution in [0.5, 0.6) is 0 Å². The van der Waals surface area contributed by atoms with E-state index < -0.39 is 0 Å². The Labute approximate surface area is 66.5 Å². The molecule has 4 nitrogen and oxygen atoms in total. The maximum atomic E-state index is 10.7. The first-order valence-electron chi connectivity index (χ1n) is 3.77. The number of amides is 1. The van der Waals surface area contributed by atoms with Crippen LogP contribution in [-0.4, -0.2) is 25.2 Å². The summed E-state index contributed by atoms with van der Waals surface area (Å²) in [4.78, 5) is 10.7. The van der Waals surface area contributed by atoms with E-state index in [4.69, 9.17) is 5.73 Å². The molecule has 1 rings (SSSR count). The lowest BCUT2D eigenvalue weighted by Crippen LogP contribution is -2.61. The standard InChI is InChI=1S/C7H15N3O/c1-7(2)3-9-6(5(8)11)10-4-7/h6,9-10H,3-4H2,1-2H3,(H2,8,11). The fourth-order valence-corrected chi connectivity index (χ4v) is 1.09. The zero-order valence-corrected chi connectivity index (χ0v) is 6.98. The first-order valence-corrected chi connectivity index (χ1v) is 3.77. The van der Waals surface area contributed by atoms with Gasteiger partial charge in [0.1, 0.15) is 6.17 Å². The third kappa shape index (κ3) is 2.17. The maximum absolute atomic E-state index is 10.7. The van der Waals surface area contributed by atoms with Crippen molar-refractivity contribution in [3.8, 4) is 0 Å². The number of primary amides is 1. The average molecular weight is 157 g/mol. The van der Waals surface area contributed by atoms with Gasteiger partial charge in [0, 0.05) is 13.1 Å². The van der Waals surface area contributed by atoms with Gasteiger partial charge in [0.2, 0.25) is 5.91 Å². The Kier molecular flexibility index (Phi) is 2.15. The summed E-state index contributed by atoms with van der Waals surface area (Å²) < 4.78 is 0. The predicted octanol–water partition coefficient (Wildman–Crippen LogP) is -0.983. The van der Waals surface area contributed by atoms with Crippen LogP contribution in [0.3, 0.4) is 0 Å². The number of nitrogens with one attached hydrogen (secondary N) is 2. The van der Waals surface area contributed by atoms with Gasteiger partial charge in [-0.1, -0.05) is 13.8 Å². The van der Waals surface area contributed by atoms with Crippen molar-refractivity contribution in [2.24, 2.45) is 11.1 Å². The second kappa shape index (κ2) is 2.79. The van der Waals surface area contributed by atoms with E-state index in [0.717, 1.165) is 13.1 Å². The Hall–Kier alpha value is -0.610. The van der Waals surface area contributed by atoms with E-state index in [1.54, 1.807) is 0 Å². The third-order valence-corrected chi connectivity index (χ3v) is 1.85. The van der Waals surface area contributed by atoms with Crippen molar-refractivity contribution in [2.45, 2.75) is 20.0 Å². The first kappa shape index (κ1) is 8.49. The minimum atomic E-state index is -0.344. The molecular formula is C7H15N3O. The van der Waals surface area contributed by atoms with Crippen molar-refractivity contribution < 1.29 is 4.79 Å². The number of rotatable bonds is 1. The summed E-state index contributed by atoms with van der Waals surface area (Å²) in [5.41, 5.74) is 5.31. The number of nitrogens with two attached hydrogens (primary N) is 1. The molecule has 4 N–H and O–H groups in total. The quantitative estimate of drug-likeness (QED) is 0.458. The molecule has 0 aliphatic carbocycles. The Morgan fingerprint density at radius 2 is 1.91 bits per heavy atom. The highest BCUT2D eigenvalue weighted by molar-refractivity contribution is 5.79. The van der Waals surface area contributed by atoms with Crippen LogP contribution in [0.1, 0.15) is 13.8 Å². The van der Waals surface area contributed by atoms with Crippen LogP contribution in [0, 0.1) is 5.41 Å². The number of carbonyl (C=O) groups is 1. The van der Waals surface area contributed by atoms with Gasteiger partial charge in [-0.15, -0.1) is 0 Å². The normalized spacial score (nSPS) is 24.9. The first-order chi connectivity index (χ1) is 5.01. The van der Waals surface area contributed by atoms with Crippen molar-refractivity contribution in [3.63, 3.8) is 0 Å². The minimum absolute atomic E-state index is 0.214.